The van der Waals surface area contributed by atoms with Gasteiger partial charge in [0.15, 0.2) is 0 Å². The number of pyridine rings is 1. The predicted molar refractivity (Wildman–Crippen MR) is 91.1 cm³/mol. The number of benzene rings is 2. The number of fused-ring (bicyclic) bond motifs is 2. The maximum Gasteiger partial charge on any atom is 0.225 e. The molecule has 0 unspecified atom stereocenters. The molecular formula is C18H14N2OS. The van der Waals surface area contributed by atoms with Gasteiger partial charge in [0.1, 0.15) is 0 Å². The fourth-order valence-corrected chi connectivity index (χ4v) is 3.72. The Hall–Kier alpha value is -2.33. The van der Waals surface area contributed by atoms with Gasteiger partial charge in [-0.15, -0.1) is 11.8 Å². The van der Waals surface area contributed by atoms with Crippen LogP contribution in [-0.4, -0.2) is 16.6 Å². The van der Waals surface area contributed by atoms with E-state index in [1.807, 2.05) is 30.6 Å². The van der Waals surface area contributed by atoms with Crippen LogP contribution in [-0.2, 0) is 4.79 Å². The number of hydrogen-bond donors (Lipinski definition) is 1. The largest absolute Gasteiger partial charge is 0.325 e. The molecule has 1 aliphatic heterocycles. The van der Waals surface area contributed by atoms with Crippen molar-refractivity contribution in [1.29, 1.82) is 0 Å². The van der Waals surface area contributed by atoms with Gasteiger partial charge in [0.05, 0.1) is 5.69 Å². The normalized spacial score (nSPS) is 14.3. The van der Waals surface area contributed by atoms with Crippen LogP contribution in [0.5, 0.6) is 0 Å². The quantitative estimate of drug-likeness (QED) is 0.727. The molecule has 0 bridgehead atoms. The summed E-state index contributed by atoms with van der Waals surface area (Å²) in [5, 5.41) is 5.29. The fourth-order valence-electron chi connectivity index (χ4n) is 2.73. The van der Waals surface area contributed by atoms with Crippen molar-refractivity contribution < 1.29 is 4.79 Å². The summed E-state index contributed by atoms with van der Waals surface area (Å²) in [6, 6.07) is 14.4. The number of hydrogen-bond acceptors (Lipinski definition) is 3. The average Bonchev–Trinajstić information content (AvgIpc) is 2.74. The summed E-state index contributed by atoms with van der Waals surface area (Å²) in [6.45, 7) is 0. The second-order valence-corrected chi connectivity index (χ2v) is 6.40. The lowest BCUT2D eigenvalue weighted by molar-refractivity contribution is -0.115. The number of anilines is 1. The number of aromatic nitrogens is 1. The second kappa shape index (κ2) is 5.46. The molecule has 0 radical (unpaired) electrons. The van der Waals surface area contributed by atoms with E-state index in [1.54, 1.807) is 11.8 Å². The summed E-state index contributed by atoms with van der Waals surface area (Å²) < 4.78 is 0. The van der Waals surface area contributed by atoms with Gasteiger partial charge in [-0.2, -0.15) is 0 Å². The maximum atomic E-state index is 11.6. The monoisotopic (exact) mass is 306 g/mol. The first-order chi connectivity index (χ1) is 10.8. The van der Waals surface area contributed by atoms with Crippen molar-refractivity contribution >= 4 is 34.1 Å². The molecule has 0 atom stereocenters. The summed E-state index contributed by atoms with van der Waals surface area (Å²) in [5.74, 6) is 0.904. The van der Waals surface area contributed by atoms with E-state index in [0.29, 0.717) is 6.42 Å². The van der Waals surface area contributed by atoms with Crippen molar-refractivity contribution in [1.82, 2.24) is 4.98 Å². The first-order valence-electron chi connectivity index (χ1n) is 7.21. The van der Waals surface area contributed by atoms with Crippen LogP contribution < -0.4 is 5.32 Å². The Labute approximate surface area is 132 Å². The van der Waals surface area contributed by atoms with E-state index in [2.05, 4.69) is 34.6 Å². The molecule has 0 fully saturated rings. The highest BCUT2D eigenvalue weighted by Crippen LogP contribution is 2.36. The molecule has 2 aromatic carbocycles. The van der Waals surface area contributed by atoms with Crippen LogP contribution in [0.3, 0.4) is 0 Å². The van der Waals surface area contributed by atoms with Gasteiger partial charge in [-0.1, -0.05) is 30.3 Å². The van der Waals surface area contributed by atoms with E-state index >= 15 is 0 Å². The Bertz CT molecular complexity index is 871. The van der Waals surface area contributed by atoms with Crippen LogP contribution in [0.15, 0.2) is 59.8 Å². The molecule has 4 heteroatoms. The highest BCUT2D eigenvalue weighted by Gasteiger charge is 2.14. The molecule has 0 saturated carbocycles. The summed E-state index contributed by atoms with van der Waals surface area (Å²) >= 11 is 1.72. The minimum Gasteiger partial charge on any atom is -0.325 e. The van der Waals surface area contributed by atoms with Crippen LogP contribution in [0.4, 0.5) is 5.69 Å². The van der Waals surface area contributed by atoms with Gasteiger partial charge in [0, 0.05) is 40.4 Å². The summed E-state index contributed by atoms with van der Waals surface area (Å²) in [5.41, 5.74) is 3.16. The van der Waals surface area contributed by atoms with Gasteiger partial charge in [-0.25, -0.2) is 0 Å². The standard InChI is InChI=1S/C18H14N2OS/c21-18-7-8-22-17-9-12(5-6-16(17)20-18)15-11-19-10-13-3-1-2-4-14(13)15/h1-6,9-11H,7-8H2,(H,20,21). The number of nitrogens with zero attached hydrogens (tertiary/aromatic N) is 1. The van der Waals surface area contributed by atoms with Gasteiger partial charge in [0.2, 0.25) is 5.91 Å². The lowest BCUT2D eigenvalue weighted by atomic mass is 10.0. The molecule has 3 aromatic rings. The van der Waals surface area contributed by atoms with Crippen molar-refractivity contribution in [2.75, 3.05) is 11.1 Å². The SMILES string of the molecule is O=C1CCSc2cc(-c3cncc4ccccc34)ccc2N1. The van der Waals surface area contributed by atoms with Crippen LogP contribution >= 0.6 is 11.8 Å². The fraction of sp³-hybridized carbons (Fsp3) is 0.111. The van der Waals surface area contributed by atoms with Crippen molar-refractivity contribution in [3.8, 4) is 11.1 Å². The smallest absolute Gasteiger partial charge is 0.225 e. The summed E-state index contributed by atoms with van der Waals surface area (Å²) in [7, 11) is 0. The molecule has 22 heavy (non-hydrogen) atoms. The number of nitrogens with one attached hydrogen (secondary N) is 1. The number of amides is 1. The molecule has 0 spiro atoms. The van der Waals surface area contributed by atoms with Crippen molar-refractivity contribution in [2.24, 2.45) is 0 Å². The molecule has 1 amide bonds. The van der Waals surface area contributed by atoms with Crippen LogP contribution in [0.2, 0.25) is 0 Å². The lowest BCUT2D eigenvalue weighted by Crippen LogP contribution is -2.09. The molecule has 0 saturated heterocycles. The maximum absolute atomic E-state index is 11.6. The molecule has 108 valence electrons. The molecule has 1 N–H and O–H groups in total. The molecule has 1 aromatic heterocycles. The zero-order valence-electron chi connectivity index (χ0n) is 11.9. The molecular weight excluding hydrogens is 292 g/mol. The van der Waals surface area contributed by atoms with Gasteiger partial charge in [-0.05, 0) is 23.1 Å². The van der Waals surface area contributed by atoms with E-state index < -0.39 is 0 Å². The highest BCUT2D eigenvalue weighted by atomic mass is 32.2. The zero-order chi connectivity index (χ0) is 14.9. The third-order valence-corrected chi connectivity index (χ3v) is 4.88. The predicted octanol–water partition coefficient (Wildman–Crippen LogP) is 4.34. The molecule has 0 aliphatic carbocycles. The number of thioether (sulfide) groups is 1. The molecule has 3 nitrogen and oxygen atoms in total. The van der Waals surface area contributed by atoms with Crippen molar-refractivity contribution in [3.63, 3.8) is 0 Å². The molecule has 1 aliphatic rings. The van der Waals surface area contributed by atoms with Gasteiger partial charge >= 0.3 is 0 Å². The van der Waals surface area contributed by atoms with E-state index in [4.69, 9.17) is 0 Å². The minimum atomic E-state index is 0.0887. The minimum absolute atomic E-state index is 0.0887. The van der Waals surface area contributed by atoms with Crippen LogP contribution in [0.1, 0.15) is 6.42 Å². The topological polar surface area (TPSA) is 42.0 Å². The number of rotatable bonds is 1. The Morgan fingerprint density at radius 3 is 2.95 bits per heavy atom. The Kier molecular flexibility index (Phi) is 3.31. The van der Waals surface area contributed by atoms with Gasteiger partial charge < -0.3 is 5.32 Å². The third-order valence-electron chi connectivity index (χ3n) is 3.82. The number of carbonyl (C=O) groups excluding carboxylic acids is 1. The molecule has 2 heterocycles. The second-order valence-electron chi connectivity index (χ2n) is 5.27. The summed E-state index contributed by atoms with van der Waals surface area (Å²) in [4.78, 5) is 17.1. The molecule has 4 rings (SSSR count). The number of carbonyl (C=O) groups is 1. The average molecular weight is 306 g/mol. The first kappa shape index (κ1) is 13.3. The van der Waals surface area contributed by atoms with Gasteiger partial charge in [0.25, 0.3) is 0 Å². The zero-order valence-corrected chi connectivity index (χ0v) is 12.7. The van der Waals surface area contributed by atoms with Crippen molar-refractivity contribution in [2.45, 2.75) is 11.3 Å². The van der Waals surface area contributed by atoms with E-state index in [9.17, 15) is 4.79 Å². The first-order valence-corrected chi connectivity index (χ1v) is 8.20. The third kappa shape index (κ3) is 2.35. The van der Waals surface area contributed by atoms with Crippen molar-refractivity contribution in [3.05, 3.63) is 54.9 Å². The van der Waals surface area contributed by atoms with E-state index in [1.165, 1.54) is 5.39 Å². The van der Waals surface area contributed by atoms with Gasteiger partial charge in [-0.3, -0.25) is 9.78 Å². The van der Waals surface area contributed by atoms with E-state index in [-0.39, 0.29) is 5.91 Å². The summed E-state index contributed by atoms with van der Waals surface area (Å²) in [6.07, 6.45) is 4.35. The Balaban J connectivity index is 1.86. The van der Waals surface area contributed by atoms with Crippen LogP contribution in [0, 0.1) is 0 Å². The highest BCUT2D eigenvalue weighted by molar-refractivity contribution is 7.99. The Morgan fingerprint density at radius 2 is 2.00 bits per heavy atom. The lowest BCUT2D eigenvalue weighted by Gasteiger charge is -2.10. The Morgan fingerprint density at radius 1 is 1.09 bits per heavy atom. The van der Waals surface area contributed by atoms with E-state index in [0.717, 1.165) is 32.8 Å². The van der Waals surface area contributed by atoms with Crippen LogP contribution in [0.25, 0.3) is 21.9 Å².